The number of hydrogen-bond donors (Lipinski definition) is 3. The number of oxime groups is 1. The maximum absolute atomic E-state index is 13.1. The summed E-state index contributed by atoms with van der Waals surface area (Å²) < 4.78 is 0. The molecule has 2 aliphatic heterocycles. The number of aromatic nitrogens is 1. The van der Waals surface area contributed by atoms with Gasteiger partial charge in [-0.25, -0.2) is 9.78 Å². The Bertz CT molecular complexity index is 1090. The molecule has 0 aromatic carbocycles. The van der Waals surface area contributed by atoms with Crippen molar-refractivity contribution in [3.8, 4) is 0 Å². The SMILES string of the molecule is O=CNc1nc(C(=NOC2C=CCC2)C(=O)N[C@@H]2C(=O)N3C(C(=O)O)=C(CCl)CS[C@@H]23)cs1. The van der Waals surface area contributed by atoms with E-state index in [9.17, 15) is 24.3 Å². The summed E-state index contributed by atoms with van der Waals surface area (Å²) in [6, 6.07) is -0.948. The molecule has 0 spiro atoms. The third-order valence-electron chi connectivity index (χ3n) is 5.09. The van der Waals surface area contributed by atoms with E-state index < -0.39 is 29.2 Å². The molecule has 174 valence electrons. The van der Waals surface area contributed by atoms with Gasteiger partial charge in [-0.05, 0) is 24.5 Å². The lowest BCUT2D eigenvalue weighted by Crippen LogP contribution is -2.71. The Hall–Kier alpha value is -2.90. The summed E-state index contributed by atoms with van der Waals surface area (Å²) >= 11 is 8.25. The van der Waals surface area contributed by atoms with E-state index in [-0.39, 0.29) is 34.2 Å². The van der Waals surface area contributed by atoms with Crippen LogP contribution in [0.3, 0.4) is 0 Å². The average molecular weight is 512 g/mol. The lowest BCUT2D eigenvalue weighted by molar-refractivity contribution is -0.150. The zero-order chi connectivity index (χ0) is 23.5. The summed E-state index contributed by atoms with van der Waals surface area (Å²) in [6.07, 6.45) is 5.50. The predicted molar refractivity (Wildman–Crippen MR) is 122 cm³/mol. The molecule has 14 heteroatoms. The Morgan fingerprint density at radius 3 is 2.94 bits per heavy atom. The van der Waals surface area contributed by atoms with Gasteiger partial charge in [-0.1, -0.05) is 11.2 Å². The molecule has 1 saturated heterocycles. The van der Waals surface area contributed by atoms with Crippen LogP contribution in [0, 0.1) is 0 Å². The number of allylic oxidation sites excluding steroid dienone is 1. The van der Waals surface area contributed by atoms with Gasteiger partial charge in [0.1, 0.15) is 28.9 Å². The van der Waals surface area contributed by atoms with Crippen LogP contribution in [-0.4, -0.2) is 74.0 Å². The molecule has 3 aliphatic rings. The minimum Gasteiger partial charge on any atom is -0.477 e. The number of nitrogens with one attached hydrogen (secondary N) is 2. The van der Waals surface area contributed by atoms with Crippen molar-refractivity contribution in [2.75, 3.05) is 16.9 Å². The first kappa shape index (κ1) is 23.3. The molecule has 0 saturated carbocycles. The van der Waals surface area contributed by atoms with Crippen molar-refractivity contribution in [1.82, 2.24) is 15.2 Å². The Labute approximate surface area is 200 Å². The van der Waals surface area contributed by atoms with Gasteiger partial charge in [0, 0.05) is 17.0 Å². The van der Waals surface area contributed by atoms with Gasteiger partial charge in [0.25, 0.3) is 11.8 Å². The number of carboxylic acid groups (broad SMARTS) is 1. The molecule has 3 N–H and O–H groups in total. The highest BCUT2D eigenvalue weighted by Crippen LogP contribution is 2.40. The highest BCUT2D eigenvalue weighted by molar-refractivity contribution is 8.00. The molecule has 0 bridgehead atoms. The molecule has 1 aliphatic carbocycles. The number of aliphatic carboxylic acids is 1. The second-order valence-electron chi connectivity index (χ2n) is 7.14. The van der Waals surface area contributed by atoms with E-state index in [0.29, 0.717) is 17.7 Å². The summed E-state index contributed by atoms with van der Waals surface area (Å²) in [5, 5.41) is 19.7. The third kappa shape index (κ3) is 4.61. The topological polar surface area (TPSA) is 150 Å². The van der Waals surface area contributed by atoms with Crippen molar-refractivity contribution >= 4 is 69.7 Å². The van der Waals surface area contributed by atoms with Crippen LogP contribution in [0.2, 0.25) is 0 Å². The number of nitrogens with zero attached hydrogens (tertiary/aromatic N) is 3. The van der Waals surface area contributed by atoms with Crippen LogP contribution in [0.4, 0.5) is 5.13 Å². The van der Waals surface area contributed by atoms with Crippen molar-refractivity contribution < 1.29 is 29.1 Å². The van der Waals surface area contributed by atoms with Crippen LogP contribution in [-0.2, 0) is 24.0 Å². The first-order chi connectivity index (χ1) is 15.9. The first-order valence-corrected chi connectivity index (χ1v) is 12.2. The molecule has 11 nitrogen and oxygen atoms in total. The molecule has 33 heavy (non-hydrogen) atoms. The Morgan fingerprint density at radius 1 is 1.45 bits per heavy atom. The monoisotopic (exact) mass is 511 g/mol. The molecule has 3 heterocycles. The van der Waals surface area contributed by atoms with Crippen molar-refractivity contribution in [3.05, 3.63) is 34.5 Å². The molecular formula is C19H18ClN5O6S2. The number of amides is 3. The minimum atomic E-state index is -1.24. The van der Waals surface area contributed by atoms with E-state index in [1.807, 2.05) is 12.2 Å². The zero-order valence-corrected chi connectivity index (χ0v) is 19.3. The van der Waals surface area contributed by atoms with E-state index in [4.69, 9.17) is 16.4 Å². The summed E-state index contributed by atoms with van der Waals surface area (Å²) in [5.41, 5.74) is 0.312. The smallest absolute Gasteiger partial charge is 0.352 e. The van der Waals surface area contributed by atoms with Crippen LogP contribution in [0.1, 0.15) is 18.5 Å². The molecular weight excluding hydrogens is 494 g/mol. The van der Waals surface area contributed by atoms with Crippen LogP contribution < -0.4 is 10.6 Å². The number of carboxylic acids is 1. The molecule has 1 unspecified atom stereocenters. The fourth-order valence-corrected chi connectivity index (χ4v) is 5.85. The Kier molecular flexibility index (Phi) is 7.00. The standard InChI is InChI=1S/C19H18ClN5O6S2/c20-5-9-6-32-17-13(16(28)25(17)14(9)18(29)30)23-15(27)12(24-31-10-3-1-2-4-10)11-7-33-19(22-11)21-8-26/h1,3,7-8,10,13,17H,2,4-6H2,(H,23,27)(H,29,30)(H,21,22,26)/t10?,13-,17+/m1/s1. The van der Waals surface area contributed by atoms with Crippen molar-refractivity contribution in [3.63, 3.8) is 0 Å². The van der Waals surface area contributed by atoms with E-state index in [1.165, 1.54) is 17.1 Å². The van der Waals surface area contributed by atoms with Crippen LogP contribution >= 0.6 is 34.7 Å². The lowest BCUT2D eigenvalue weighted by Gasteiger charge is -2.49. The first-order valence-electron chi connectivity index (χ1n) is 9.78. The molecule has 0 radical (unpaired) electrons. The minimum absolute atomic E-state index is 0.00704. The van der Waals surface area contributed by atoms with Gasteiger partial charge in [0.15, 0.2) is 10.8 Å². The number of carbonyl (C=O) groups is 4. The molecule has 1 aromatic rings. The third-order valence-corrected chi connectivity index (χ3v) is 7.53. The molecule has 3 atom stereocenters. The average Bonchev–Trinajstić information content (AvgIpc) is 3.49. The van der Waals surface area contributed by atoms with E-state index in [2.05, 4.69) is 20.8 Å². The highest BCUT2D eigenvalue weighted by Gasteiger charge is 2.54. The Morgan fingerprint density at radius 2 is 2.27 bits per heavy atom. The van der Waals surface area contributed by atoms with Crippen molar-refractivity contribution in [2.24, 2.45) is 5.16 Å². The second kappa shape index (κ2) is 9.93. The lowest BCUT2D eigenvalue weighted by atomic mass is 10.0. The number of halogens is 1. The fraction of sp³-hybridized carbons (Fsp3) is 0.368. The van der Waals surface area contributed by atoms with Gasteiger partial charge in [-0.2, -0.15) is 0 Å². The van der Waals surface area contributed by atoms with E-state index >= 15 is 0 Å². The van der Waals surface area contributed by atoms with E-state index in [1.54, 1.807) is 0 Å². The predicted octanol–water partition coefficient (Wildman–Crippen LogP) is 1.13. The van der Waals surface area contributed by atoms with Gasteiger partial charge in [0.2, 0.25) is 6.41 Å². The number of fused-ring (bicyclic) bond motifs is 1. The maximum atomic E-state index is 13.1. The highest BCUT2D eigenvalue weighted by atomic mass is 35.5. The van der Waals surface area contributed by atoms with E-state index in [0.717, 1.165) is 29.1 Å². The molecule has 3 amide bonds. The zero-order valence-electron chi connectivity index (χ0n) is 16.9. The van der Waals surface area contributed by atoms with Crippen molar-refractivity contribution in [1.29, 1.82) is 0 Å². The number of alkyl halides is 1. The van der Waals surface area contributed by atoms with Gasteiger partial charge in [-0.15, -0.1) is 34.7 Å². The van der Waals surface area contributed by atoms with Gasteiger partial charge < -0.3 is 20.6 Å². The van der Waals surface area contributed by atoms with Crippen LogP contribution in [0.5, 0.6) is 0 Å². The number of rotatable bonds is 9. The van der Waals surface area contributed by atoms with Gasteiger partial charge in [0.05, 0.1) is 0 Å². The summed E-state index contributed by atoms with van der Waals surface area (Å²) in [7, 11) is 0. The number of carbonyl (C=O) groups excluding carboxylic acids is 3. The van der Waals surface area contributed by atoms with Gasteiger partial charge in [-0.3, -0.25) is 19.3 Å². The number of thioether (sulfide) groups is 1. The normalized spacial score (nSPS) is 24.3. The quantitative estimate of drug-likeness (QED) is 0.111. The number of anilines is 1. The summed E-state index contributed by atoms with van der Waals surface area (Å²) in [6.45, 7) is 0. The largest absolute Gasteiger partial charge is 0.477 e. The number of thiazole rings is 1. The van der Waals surface area contributed by atoms with Crippen LogP contribution in [0.15, 0.2) is 34.0 Å². The maximum Gasteiger partial charge on any atom is 0.352 e. The fourth-order valence-electron chi connectivity index (χ4n) is 3.51. The van der Waals surface area contributed by atoms with Crippen molar-refractivity contribution in [2.45, 2.75) is 30.4 Å². The number of β-lactam (4-membered cyclic amide) rings is 1. The second-order valence-corrected chi connectivity index (χ2v) is 9.37. The molecule has 1 aromatic heterocycles. The molecule has 4 rings (SSSR count). The van der Waals surface area contributed by atoms with Gasteiger partial charge >= 0.3 is 5.97 Å². The van der Waals surface area contributed by atoms with Crippen LogP contribution in [0.25, 0.3) is 0 Å². The summed E-state index contributed by atoms with van der Waals surface area (Å²) in [5.74, 6) is -2.18. The Balaban J connectivity index is 1.53. The summed E-state index contributed by atoms with van der Waals surface area (Å²) in [4.78, 5) is 58.9. The number of hydrogen-bond acceptors (Lipinski definition) is 9. The molecule has 1 fully saturated rings.